The Hall–Kier alpha value is -2.43. The number of rotatable bonds is 7. The molecule has 0 aromatic heterocycles. The Bertz CT molecular complexity index is 859. The molecule has 2 nitrogen and oxygen atoms in total. The molecule has 0 bridgehead atoms. The number of alkyl halides is 9. The number of aliphatic hydroxyl groups excluding tert-OH is 1. The lowest BCUT2D eigenvalue weighted by molar-refractivity contribution is -0.205. The second-order valence-electron chi connectivity index (χ2n) is 6.87. The zero-order valence-corrected chi connectivity index (χ0v) is 15.8. The highest BCUT2D eigenvalue weighted by atomic mass is 19.4. The Kier molecular flexibility index (Phi) is 7.51. The van der Waals surface area contributed by atoms with Crippen LogP contribution in [0.25, 0.3) is 0 Å². The van der Waals surface area contributed by atoms with Gasteiger partial charge in [-0.05, 0) is 48.7 Å². The molecule has 31 heavy (non-hydrogen) atoms. The van der Waals surface area contributed by atoms with Crippen molar-refractivity contribution >= 4 is 5.69 Å². The van der Waals surface area contributed by atoms with Crippen molar-refractivity contribution in [3.05, 3.63) is 65.2 Å². The molecular weight excluding hydrogens is 441 g/mol. The van der Waals surface area contributed by atoms with Gasteiger partial charge in [0.25, 0.3) is 0 Å². The molecule has 0 radical (unpaired) electrons. The van der Waals surface area contributed by atoms with E-state index in [1.165, 1.54) is 17.0 Å². The Morgan fingerprint density at radius 1 is 0.774 bits per heavy atom. The Morgan fingerprint density at radius 3 is 1.87 bits per heavy atom. The van der Waals surface area contributed by atoms with Gasteiger partial charge in [0.1, 0.15) is 6.10 Å². The topological polar surface area (TPSA) is 23.5 Å². The number of nitrogens with zero attached hydrogens (tertiary/aromatic N) is 1. The first-order valence-electron chi connectivity index (χ1n) is 9.01. The largest absolute Gasteiger partial charge is 0.416 e. The molecule has 0 spiro atoms. The normalized spacial score (nSPS) is 13.9. The fraction of sp³-hybridized carbons (Fsp3) is 0.400. The van der Waals surface area contributed by atoms with E-state index in [9.17, 15) is 39.5 Å². The molecule has 0 amide bonds. The Morgan fingerprint density at radius 2 is 1.32 bits per heavy atom. The highest BCUT2D eigenvalue weighted by Gasteiger charge is 2.37. The second kappa shape index (κ2) is 9.37. The number of hydrogen-bond acceptors (Lipinski definition) is 2. The van der Waals surface area contributed by atoms with E-state index in [0.29, 0.717) is 0 Å². The van der Waals surface area contributed by atoms with Gasteiger partial charge in [0, 0.05) is 18.8 Å². The molecular formula is C20H18F9NO. The molecule has 0 fully saturated rings. The van der Waals surface area contributed by atoms with Crippen LogP contribution in [0, 0.1) is 0 Å². The standard InChI is InChI=1S/C20H18F9NO/c21-18(22,23)14-5-1-4-13(10-14)12-30(9-3-8-17(31)20(27,28)29)16-7-2-6-15(11-16)19(24,25)26/h1-2,4-7,10-11,17,31H,3,8-9,12H2. The van der Waals surface area contributed by atoms with Gasteiger partial charge >= 0.3 is 18.5 Å². The van der Waals surface area contributed by atoms with Crippen molar-refractivity contribution < 1.29 is 44.6 Å². The molecule has 0 aliphatic carbocycles. The lowest BCUT2D eigenvalue weighted by Crippen LogP contribution is -2.30. The number of hydrogen-bond donors (Lipinski definition) is 1. The third-order valence-corrected chi connectivity index (χ3v) is 4.45. The van der Waals surface area contributed by atoms with Crippen molar-refractivity contribution in [1.82, 2.24) is 0 Å². The summed E-state index contributed by atoms with van der Waals surface area (Å²) in [5.41, 5.74) is -1.87. The fourth-order valence-corrected chi connectivity index (χ4v) is 2.88. The van der Waals surface area contributed by atoms with Gasteiger partial charge in [0.2, 0.25) is 0 Å². The summed E-state index contributed by atoms with van der Waals surface area (Å²) in [5.74, 6) is 0. The molecule has 11 heteroatoms. The summed E-state index contributed by atoms with van der Waals surface area (Å²) >= 11 is 0. The van der Waals surface area contributed by atoms with Gasteiger partial charge in [-0.25, -0.2) is 0 Å². The van der Waals surface area contributed by atoms with E-state index in [1.807, 2.05) is 0 Å². The Labute approximate surface area is 171 Å². The highest BCUT2D eigenvalue weighted by Crippen LogP contribution is 2.33. The summed E-state index contributed by atoms with van der Waals surface area (Å²) < 4.78 is 115. The first-order valence-corrected chi connectivity index (χ1v) is 9.01. The molecule has 0 saturated carbocycles. The van der Waals surface area contributed by atoms with Gasteiger partial charge in [0.05, 0.1) is 11.1 Å². The first kappa shape index (κ1) is 24.8. The predicted octanol–water partition coefficient (Wildman–Crippen LogP) is 6.43. The molecule has 0 heterocycles. The molecule has 1 unspecified atom stereocenters. The number of halogens is 9. The summed E-state index contributed by atoms with van der Waals surface area (Å²) in [6.45, 7) is -0.488. The van der Waals surface area contributed by atoms with Crippen LogP contribution in [0.2, 0.25) is 0 Å². The molecule has 2 aromatic rings. The quantitative estimate of drug-likeness (QED) is 0.482. The highest BCUT2D eigenvalue weighted by molar-refractivity contribution is 5.50. The average Bonchev–Trinajstić information content (AvgIpc) is 2.65. The van der Waals surface area contributed by atoms with Crippen molar-refractivity contribution in [3.63, 3.8) is 0 Å². The summed E-state index contributed by atoms with van der Waals surface area (Å²) in [6, 6.07) is 8.08. The van der Waals surface area contributed by atoms with Crippen LogP contribution in [0.15, 0.2) is 48.5 Å². The minimum absolute atomic E-state index is 0.0197. The first-order chi connectivity index (χ1) is 14.2. The molecule has 0 saturated heterocycles. The van der Waals surface area contributed by atoms with Crippen LogP contribution in [0.3, 0.4) is 0 Å². The van der Waals surface area contributed by atoms with E-state index in [2.05, 4.69) is 0 Å². The number of benzene rings is 2. The van der Waals surface area contributed by atoms with E-state index in [1.54, 1.807) is 0 Å². The van der Waals surface area contributed by atoms with Crippen LogP contribution < -0.4 is 4.90 Å². The molecule has 2 rings (SSSR count). The van der Waals surface area contributed by atoms with Crippen LogP contribution >= 0.6 is 0 Å². The average molecular weight is 459 g/mol. The maximum Gasteiger partial charge on any atom is 0.416 e. The molecule has 1 atom stereocenters. The van der Waals surface area contributed by atoms with Gasteiger partial charge in [-0.1, -0.05) is 18.2 Å². The monoisotopic (exact) mass is 459 g/mol. The smallest absolute Gasteiger partial charge is 0.384 e. The van der Waals surface area contributed by atoms with E-state index in [4.69, 9.17) is 5.11 Å². The molecule has 2 aromatic carbocycles. The van der Waals surface area contributed by atoms with Gasteiger partial charge in [-0.3, -0.25) is 0 Å². The second-order valence-corrected chi connectivity index (χ2v) is 6.87. The third-order valence-electron chi connectivity index (χ3n) is 4.45. The molecule has 0 aliphatic rings. The van der Waals surface area contributed by atoms with Crippen LogP contribution in [0.5, 0.6) is 0 Å². The van der Waals surface area contributed by atoms with Crippen LogP contribution in [0.1, 0.15) is 29.5 Å². The van der Waals surface area contributed by atoms with Gasteiger partial charge in [-0.15, -0.1) is 0 Å². The maximum atomic E-state index is 13.0. The van der Waals surface area contributed by atoms with E-state index in [0.717, 1.165) is 36.4 Å². The van der Waals surface area contributed by atoms with Crippen LogP contribution in [0.4, 0.5) is 45.2 Å². The maximum absolute atomic E-state index is 13.0. The van der Waals surface area contributed by atoms with Gasteiger partial charge in [-0.2, -0.15) is 39.5 Å². The van der Waals surface area contributed by atoms with Crippen LogP contribution in [-0.2, 0) is 18.9 Å². The number of aliphatic hydroxyl groups is 1. The van der Waals surface area contributed by atoms with Crippen molar-refractivity contribution in [2.75, 3.05) is 11.4 Å². The summed E-state index contributed by atoms with van der Waals surface area (Å²) in [5, 5.41) is 9.12. The van der Waals surface area contributed by atoms with Gasteiger partial charge in [0.15, 0.2) is 0 Å². The summed E-state index contributed by atoms with van der Waals surface area (Å²) in [4.78, 5) is 1.24. The summed E-state index contributed by atoms with van der Waals surface area (Å²) in [6.07, 6.45) is -17.7. The molecule has 0 aliphatic heterocycles. The number of anilines is 1. The van der Waals surface area contributed by atoms with E-state index < -0.39 is 42.2 Å². The predicted molar refractivity (Wildman–Crippen MR) is 95.2 cm³/mol. The molecule has 1 N–H and O–H groups in total. The third kappa shape index (κ3) is 7.34. The van der Waals surface area contributed by atoms with Crippen LogP contribution in [-0.4, -0.2) is 23.9 Å². The zero-order chi connectivity index (χ0) is 23.4. The van der Waals surface area contributed by atoms with E-state index >= 15 is 0 Å². The SMILES string of the molecule is OC(CCCN(Cc1cccc(C(F)(F)F)c1)c1cccc(C(F)(F)F)c1)C(F)(F)F. The molecule has 172 valence electrons. The van der Waals surface area contributed by atoms with Crippen molar-refractivity contribution in [2.45, 2.75) is 44.0 Å². The van der Waals surface area contributed by atoms with Crippen molar-refractivity contribution in [2.24, 2.45) is 0 Å². The zero-order valence-electron chi connectivity index (χ0n) is 15.8. The van der Waals surface area contributed by atoms with Gasteiger partial charge < -0.3 is 10.0 Å². The lowest BCUT2D eigenvalue weighted by Gasteiger charge is -2.27. The van der Waals surface area contributed by atoms with E-state index in [-0.39, 0.29) is 30.8 Å². The summed E-state index contributed by atoms with van der Waals surface area (Å²) in [7, 11) is 0. The minimum atomic E-state index is -4.85. The lowest BCUT2D eigenvalue weighted by atomic mass is 10.1. The minimum Gasteiger partial charge on any atom is -0.384 e. The van der Waals surface area contributed by atoms with Crippen molar-refractivity contribution in [3.8, 4) is 0 Å². The van der Waals surface area contributed by atoms with Crippen molar-refractivity contribution in [1.29, 1.82) is 0 Å². The Balaban J connectivity index is 2.28. The fourth-order valence-electron chi connectivity index (χ4n) is 2.88.